The fourth-order valence-electron chi connectivity index (χ4n) is 2.28. The molecule has 0 radical (unpaired) electrons. The van der Waals surface area contributed by atoms with Crippen LogP contribution in [-0.4, -0.2) is 10.2 Å². The van der Waals surface area contributed by atoms with E-state index in [9.17, 15) is 9.50 Å². The van der Waals surface area contributed by atoms with Crippen LogP contribution in [0.2, 0.25) is 0 Å². The fourth-order valence-corrected chi connectivity index (χ4v) is 2.52. The van der Waals surface area contributed by atoms with Crippen molar-refractivity contribution in [2.75, 3.05) is 10.6 Å². The largest absolute Gasteiger partial charge is 0.508 e. The zero-order valence-corrected chi connectivity index (χ0v) is 14.6. The summed E-state index contributed by atoms with van der Waals surface area (Å²) in [5.74, 6) is -0.0341. The molecule has 3 aromatic carbocycles. The Morgan fingerprint density at radius 3 is 1.65 bits per heavy atom. The molecule has 0 unspecified atom stereocenters. The maximum atomic E-state index is 12.9. The SMILES string of the molecule is Oc1ccc(/C=C/c2ccc(NC(=S)Nc3ccc(F)cc3)cc2)cc1. The van der Waals surface area contributed by atoms with E-state index in [0.717, 1.165) is 22.5 Å². The van der Waals surface area contributed by atoms with E-state index in [1.54, 1.807) is 24.3 Å². The number of thiocarbonyl (C=S) groups is 1. The molecule has 0 spiro atoms. The third-order valence-corrected chi connectivity index (χ3v) is 3.84. The molecule has 0 heterocycles. The monoisotopic (exact) mass is 364 g/mol. The van der Waals surface area contributed by atoms with Gasteiger partial charge in [0.2, 0.25) is 0 Å². The van der Waals surface area contributed by atoms with Crippen LogP contribution in [0.5, 0.6) is 5.75 Å². The molecule has 0 aliphatic rings. The van der Waals surface area contributed by atoms with Gasteiger partial charge >= 0.3 is 0 Å². The molecule has 0 aliphatic carbocycles. The normalized spacial score (nSPS) is 10.7. The van der Waals surface area contributed by atoms with E-state index in [-0.39, 0.29) is 11.6 Å². The molecule has 0 amide bonds. The second-order valence-corrected chi connectivity index (χ2v) is 6.04. The van der Waals surface area contributed by atoms with Crippen molar-refractivity contribution in [3.63, 3.8) is 0 Å². The highest BCUT2D eigenvalue weighted by Crippen LogP contribution is 2.15. The average molecular weight is 364 g/mol. The molecule has 3 aromatic rings. The molecule has 0 bridgehead atoms. The van der Waals surface area contributed by atoms with Gasteiger partial charge in [-0.05, 0) is 71.9 Å². The highest BCUT2D eigenvalue weighted by Gasteiger charge is 1.99. The Bertz CT molecular complexity index is 904. The molecular formula is C21H17FN2OS. The summed E-state index contributed by atoms with van der Waals surface area (Å²) in [5, 5.41) is 15.8. The number of phenolic OH excluding ortho intramolecular Hbond substituents is 1. The van der Waals surface area contributed by atoms with Crippen molar-refractivity contribution < 1.29 is 9.50 Å². The molecule has 3 rings (SSSR count). The third kappa shape index (κ3) is 5.16. The van der Waals surface area contributed by atoms with Crippen molar-refractivity contribution in [3.05, 3.63) is 89.7 Å². The third-order valence-electron chi connectivity index (χ3n) is 3.63. The summed E-state index contributed by atoms with van der Waals surface area (Å²) in [4.78, 5) is 0. The number of rotatable bonds is 4. The average Bonchev–Trinajstić information content (AvgIpc) is 2.64. The number of hydrogen-bond acceptors (Lipinski definition) is 2. The van der Waals surface area contributed by atoms with Crippen LogP contribution in [0.15, 0.2) is 72.8 Å². The Morgan fingerprint density at radius 1 is 0.731 bits per heavy atom. The predicted octanol–water partition coefficient (Wildman–Crippen LogP) is 5.51. The molecular weight excluding hydrogens is 347 g/mol. The molecule has 5 heteroatoms. The van der Waals surface area contributed by atoms with Crippen molar-refractivity contribution in [1.82, 2.24) is 0 Å². The van der Waals surface area contributed by atoms with Crippen LogP contribution in [0, 0.1) is 5.82 Å². The summed E-state index contributed by atoms with van der Waals surface area (Å²) in [7, 11) is 0. The standard InChI is InChI=1S/C21H17FN2OS/c22-17-7-11-19(12-8-17)24-21(26)23-18-9-3-15(4-10-18)1-2-16-5-13-20(25)14-6-16/h1-14,25H,(H2,23,24,26)/b2-1+. The van der Waals surface area contributed by atoms with Crippen LogP contribution in [-0.2, 0) is 0 Å². The van der Waals surface area contributed by atoms with Crippen molar-refractivity contribution >= 4 is 40.9 Å². The van der Waals surface area contributed by atoms with Crippen molar-refractivity contribution in [2.24, 2.45) is 0 Å². The lowest BCUT2D eigenvalue weighted by molar-refractivity contribution is 0.475. The van der Waals surface area contributed by atoms with Crippen LogP contribution in [0.25, 0.3) is 12.2 Å². The zero-order valence-electron chi connectivity index (χ0n) is 13.8. The Balaban J connectivity index is 1.57. The Morgan fingerprint density at radius 2 is 1.15 bits per heavy atom. The lowest BCUT2D eigenvalue weighted by atomic mass is 10.1. The molecule has 0 aromatic heterocycles. The smallest absolute Gasteiger partial charge is 0.175 e. The molecule has 3 nitrogen and oxygen atoms in total. The van der Waals surface area contributed by atoms with Crippen molar-refractivity contribution in [1.29, 1.82) is 0 Å². The molecule has 26 heavy (non-hydrogen) atoms. The minimum atomic E-state index is -0.287. The number of nitrogens with one attached hydrogen (secondary N) is 2. The summed E-state index contributed by atoms with van der Waals surface area (Å²) in [5.41, 5.74) is 3.62. The summed E-state index contributed by atoms with van der Waals surface area (Å²) in [6.07, 6.45) is 3.97. The molecule has 130 valence electrons. The summed E-state index contributed by atoms with van der Waals surface area (Å²) < 4.78 is 12.9. The van der Waals surface area contributed by atoms with Crippen LogP contribution in [0.1, 0.15) is 11.1 Å². The fraction of sp³-hybridized carbons (Fsp3) is 0. The first-order valence-corrected chi connectivity index (χ1v) is 8.40. The van der Waals surface area contributed by atoms with Gasteiger partial charge in [0.05, 0.1) is 0 Å². The van der Waals surface area contributed by atoms with Gasteiger partial charge in [0, 0.05) is 11.4 Å². The lowest BCUT2D eigenvalue weighted by Gasteiger charge is -2.10. The molecule has 0 atom stereocenters. The van der Waals surface area contributed by atoms with Gasteiger partial charge in [-0.2, -0.15) is 0 Å². The number of aromatic hydroxyl groups is 1. The van der Waals surface area contributed by atoms with Gasteiger partial charge in [0.25, 0.3) is 0 Å². The number of anilines is 2. The van der Waals surface area contributed by atoms with Gasteiger partial charge in [-0.3, -0.25) is 0 Å². The highest BCUT2D eigenvalue weighted by molar-refractivity contribution is 7.80. The van der Waals surface area contributed by atoms with E-state index < -0.39 is 0 Å². The topological polar surface area (TPSA) is 44.3 Å². The first-order chi connectivity index (χ1) is 12.6. The predicted molar refractivity (Wildman–Crippen MR) is 110 cm³/mol. The van der Waals surface area contributed by atoms with E-state index in [1.807, 2.05) is 48.6 Å². The van der Waals surface area contributed by atoms with Crippen LogP contribution in [0.3, 0.4) is 0 Å². The van der Waals surface area contributed by atoms with Gasteiger partial charge in [-0.15, -0.1) is 0 Å². The minimum Gasteiger partial charge on any atom is -0.508 e. The molecule has 0 saturated heterocycles. The summed E-state index contributed by atoms with van der Waals surface area (Å²) >= 11 is 5.26. The van der Waals surface area contributed by atoms with E-state index >= 15 is 0 Å². The van der Waals surface area contributed by atoms with Gasteiger partial charge < -0.3 is 15.7 Å². The second-order valence-electron chi connectivity index (χ2n) is 5.63. The van der Waals surface area contributed by atoms with Gasteiger partial charge in [0.1, 0.15) is 11.6 Å². The highest BCUT2D eigenvalue weighted by atomic mass is 32.1. The minimum absolute atomic E-state index is 0.253. The lowest BCUT2D eigenvalue weighted by Crippen LogP contribution is -2.18. The Hall–Kier alpha value is -3.18. The quantitative estimate of drug-likeness (QED) is 0.422. The Kier molecular flexibility index (Phi) is 5.61. The van der Waals surface area contributed by atoms with Crippen LogP contribution < -0.4 is 10.6 Å². The van der Waals surface area contributed by atoms with Gasteiger partial charge in [-0.1, -0.05) is 36.4 Å². The van der Waals surface area contributed by atoms with Gasteiger partial charge in [-0.25, -0.2) is 4.39 Å². The summed E-state index contributed by atoms with van der Waals surface area (Å²) in [6.45, 7) is 0. The molecule has 0 aliphatic heterocycles. The van der Waals surface area contributed by atoms with E-state index in [2.05, 4.69) is 10.6 Å². The number of halogens is 1. The maximum Gasteiger partial charge on any atom is 0.175 e. The first-order valence-electron chi connectivity index (χ1n) is 7.99. The first kappa shape index (κ1) is 17.6. The maximum absolute atomic E-state index is 12.9. The number of hydrogen-bond donors (Lipinski definition) is 3. The van der Waals surface area contributed by atoms with E-state index in [4.69, 9.17) is 12.2 Å². The van der Waals surface area contributed by atoms with E-state index in [1.165, 1.54) is 12.1 Å². The summed E-state index contributed by atoms with van der Waals surface area (Å²) in [6, 6.07) is 20.8. The second kappa shape index (κ2) is 8.27. The van der Waals surface area contributed by atoms with Crippen LogP contribution >= 0.6 is 12.2 Å². The molecule has 3 N–H and O–H groups in total. The number of phenols is 1. The zero-order chi connectivity index (χ0) is 18.4. The number of benzene rings is 3. The van der Waals surface area contributed by atoms with E-state index in [0.29, 0.717) is 5.11 Å². The molecule has 0 fully saturated rings. The van der Waals surface area contributed by atoms with Crippen molar-refractivity contribution in [3.8, 4) is 5.75 Å². The van der Waals surface area contributed by atoms with Crippen molar-refractivity contribution in [2.45, 2.75) is 0 Å². The Labute approximate surface area is 156 Å². The van der Waals surface area contributed by atoms with Crippen LogP contribution in [0.4, 0.5) is 15.8 Å². The molecule has 0 saturated carbocycles. The van der Waals surface area contributed by atoms with Gasteiger partial charge in [0.15, 0.2) is 5.11 Å².